The second-order valence-corrected chi connectivity index (χ2v) is 6.29. The number of carbonyl (C=O) groups excluding carboxylic acids is 2. The molecule has 1 N–H and O–H groups in total. The Morgan fingerprint density at radius 2 is 1.42 bits per heavy atom. The number of unbranched alkanes of at least 4 members (excludes halogenated alkanes) is 8. The monoisotopic (exact) mass is 345 g/mol. The van der Waals surface area contributed by atoms with Crippen LogP contribution in [-0.4, -0.2) is 37.8 Å². The summed E-state index contributed by atoms with van der Waals surface area (Å²) in [6, 6.07) is 0. The lowest BCUT2D eigenvalue weighted by Gasteiger charge is -2.15. The summed E-state index contributed by atoms with van der Waals surface area (Å²) in [6.07, 6.45) is 10.6. The lowest BCUT2D eigenvalue weighted by Crippen LogP contribution is -2.28. The summed E-state index contributed by atoms with van der Waals surface area (Å²) >= 11 is 0. The first kappa shape index (κ1) is 20.9. The summed E-state index contributed by atoms with van der Waals surface area (Å²) in [4.78, 5) is 23.5. The standard InChI is InChI=1S/C19H36O5/c1-3-5-7-9-11-13-18(21)23-16-17(15-20)24-19(22)14-12-10-8-6-4-2/h17,20H,3-16H2,1-2H3/t17-/m0/s1/i20D. The highest BCUT2D eigenvalue weighted by Gasteiger charge is 2.15. The van der Waals surface area contributed by atoms with Gasteiger partial charge in [0.25, 0.3) is 0 Å². The molecule has 0 saturated heterocycles. The zero-order valence-electron chi connectivity index (χ0n) is 16.5. The molecule has 142 valence electrons. The van der Waals surface area contributed by atoms with Crippen molar-refractivity contribution in [2.24, 2.45) is 0 Å². The van der Waals surface area contributed by atoms with Gasteiger partial charge in [0.1, 0.15) is 6.61 Å². The van der Waals surface area contributed by atoms with Gasteiger partial charge < -0.3 is 14.6 Å². The van der Waals surface area contributed by atoms with Gasteiger partial charge in [-0.1, -0.05) is 65.2 Å². The number of ether oxygens (including phenoxy) is 2. The van der Waals surface area contributed by atoms with Gasteiger partial charge in [-0.05, 0) is 12.8 Å². The van der Waals surface area contributed by atoms with E-state index in [1.54, 1.807) is 0 Å². The summed E-state index contributed by atoms with van der Waals surface area (Å²) in [5.41, 5.74) is 0. The Balaban J connectivity index is 3.87. The Hall–Kier alpha value is -1.10. The van der Waals surface area contributed by atoms with Gasteiger partial charge in [-0.15, -0.1) is 0 Å². The van der Waals surface area contributed by atoms with Crippen LogP contribution in [0.2, 0.25) is 0 Å². The lowest BCUT2D eigenvalue weighted by molar-refractivity contribution is -0.161. The molecule has 0 bridgehead atoms. The molecule has 0 fully saturated rings. The molecule has 5 heteroatoms. The summed E-state index contributed by atoms with van der Waals surface area (Å²) in [5, 5.41) is 4.30. The summed E-state index contributed by atoms with van der Waals surface area (Å²) in [7, 11) is 0. The fraction of sp³-hybridized carbons (Fsp3) is 0.895. The van der Waals surface area contributed by atoms with Gasteiger partial charge in [0.05, 0.1) is 6.61 Å². The number of hydrogen-bond donors (Lipinski definition) is 1. The number of aliphatic hydroxyl groups excluding tert-OH is 1. The van der Waals surface area contributed by atoms with E-state index in [2.05, 4.69) is 19.0 Å². The number of carbonyl (C=O) groups is 2. The Labute approximate surface area is 148 Å². The van der Waals surface area contributed by atoms with Crippen molar-refractivity contribution in [2.75, 3.05) is 13.2 Å². The Kier molecular flexibility index (Phi) is 14.6. The molecule has 0 aliphatic carbocycles. The molecule has 0 aromatic heterocycles. The van der Waals surface area contributed by atoms with Crippen molar-refractivity contribution >= 4 is 11.9 Å². The van der Waals surface area contributed by atoms with Crippen LogP contribution in [0, 0.1) is 0 Å². The third-order valence-electron chi connectivity index (χ3n) is 3.88. The van der Waals surface area contributed by atoms with Crippen LogP contribution in [0.15, 0.2) is 0 Å². The van der Waals surface area contributed by atoms with Crippen LogP contribution in [-0.2, 0) is 19.1 Å². The molecule has 0 unspecified atom stereocenters. The van der Waals surface area contributed by atoms with E-state index in [0.29, 0.717) is 12.8 Å². The average Bonchev–Trinajstić information content (AvgIpc) is 2.59. The van der Waals surface area contributed by atoms with Gasteiger partial charge in [0.15, 0.2) is 6.10 Å². The molecular weight excluding hydrogens is 308 g/mol. The predicted octanol–water partition coefficient (Wildman–Crippen LogP) is 4.15. The van der Waals surface area contributed by atoms with E-state index in [-0.39, 0.29) is 25.2 Å². The first-order chi connectivity index (χ1) is 12.1. The topological polar surface area (TPSA) is 72.8 Å². The fourth-order valence-corrected chi connectivity index (χ4v) is 2.36. The maximum Gasteiger partial charge on any atom is 0.306 e. The Morgan fingerprint density at radius 1 is 0.875 bits per heavy atom. The van der Waals surface area contributed by atoms with Crippen molar-refractivity contribution in [1.29, 1.82) is 1.43 Å². The maximum atomic E-state index is 11.8. The quantitative estimate of drug-likeness (QED) is 0.317. The highest BCUT2D eigenvalue weighted by molar-refractivity contribution is 5.70. The number of rotatable bonds is 17. The summed E-state index contributed by atoms with van der Waals surface area (Å²) in [6.45, 7) is 4.15. The molecule has 0 aliphatic heterocycles. The first-order valence-electron chi connectivity index (χ1n) is 9.98. The lowest BCUT2D eigenvalue weighted by atomic mass is 10.1. The van der Waals surface area contributed by atoms with E-state index in [4.69, 9.17) is 10.9 Å². The van der Waals surface area contributed by atoms with Crippen LogP contribution in [0.4, 0.5) is 0 Å². The molecule has 0 spiro atoms. The molecule has 1 atom stereocenters. The van der Waals surface area contributed by atoms with Gasteiger partial charge in [-0.2, -0.15) is 0 Å². The van der Waals surface area contributed by atoms with Gasteiger partial charge in [0.2, 0.25) is 1.43 Å². The number of hydrogen-bond acceptors (Lipinski definition) is 5. The van der Waals surface area contributed by atoms with Crippen LogP contribution < -0.4 is 0 Å². The Morgan fingerprint density at radius 3 is 1.96 bits per heavy atom. The summed E-state index contributed by atoms with van der Waals surface area (Å²) < 4.78 is 17.2. The molecule has 24 heavy (non-hydrogen) atoms. The van der Waals surface area contributed by atoms with Crippen molar-refractivity contribution in [2.45, 2.75) is 97.0 Å². The van der Waals surface area contributed by atoms with Gasteiger partial charge >= 0.3 is 11.9 Å². The fourth-order valence-electron chi connectivity index (χ4n) is 2.36. The van der Waals surface area contributed by atoms with Crippen molar-refractivity contribution in [3.05, 3.63) is 0 Å². The Bertz CT molecular complexity index is 336. The van der Waals surface area contributed by atoms with Crippen LogP contribution in [0.3, 0.4) is 0 Å². The predicted molar refractivity (Wildman–Crippen MR) is 94.7 cm³/mol. The second kappa shape index (κ2) is 16.7. The van der Waals surface area contributed by atoms with Crippen LogP contribution in [0.1, 0.15) is 90.9 Å². The molecule has 0 amide bonds. The molecule has 0 aromatic rings. The van der Waals surface area contributed by atoms with Crippen LogP contribution in [0.5, 0.6) is 0 Å². The largest absolute Gasteiger partial charge is 0.462 e. The van der Waals surface area contributed by atoms with E-state index in [1.165, 1.54) is 19.3 Å². The van der Waals surface area contributed by atoms with Crippen molar-refractivity contribution in [3.63, 3.8) is 0 Å². The third-order valence-corrected chi connectivity index (χ3v) is 3.88. The zero-order chi connectivity index (χ0) is 18.8. The summed E-state index contributed by atoms with van der Waals surface area (Å²) in [5.74, 6) is -0.615. The molecule has 0 heterocycles. The third kappa shape index (κ3) is 14.5. The smallest absolute Gasteiger partial charge is 0.306 e. The molecule has 0 saturated carbocycles. The van der Waals surface area contributed by atoms with Crippen LogP contribution >= 0.6 is 0 Å². The molecule has 0 aliphatic rings. The van der Waals surface area contributed by atoms with Gasteiger partial charge in [-0.25, -0.2) is 0 Å². The molecular formula is C19H36O5. The van der Waals surface area contributed by atoms with E-state index in [0.717, 1.165) is 44.9 Å². The van der Waals surface area contributed by atoms with E-state index in [1.807, 2.05) is 0 Å². The number of esters is 2. The van der Waals surface area contributed by atoms with E-state index in [9.17, 15) is 9.59 Å². The SMILES string of the molecule is [2H]OC[C@@H](COC(=O)CCCCCCC)OC(=O)CCCCCCC. The minimum absolute atomic E-state index is 0.0474. The molecule has 0 rings (SSSR count). The molecule has 5 nitrogen and oxygen atoms in total. The highest BCUT2D eigenvalue weighted by Crippen LogP contribution is 2.08. The minimum Gasteiger partial charge on any atom is -0.462 e. The van der Waals surface area contributed by atoms with E-state index >= 15 is 0 Å². The van der Waals surface area contributed by atoms with Crippen molar-refractivity contribution in [3.8, 4) is 0 Å². The maximum absolute atomic E-state index is 11.8. The van der Waals surface area contributed by atoms with Gasteiger partial charge in [0, 0.05) is 12.8 Å². The van der Waals surface area contributed by atoms with Crippen LogP contribution in [0.25, 0.3) is 0 Å². The van der Waals surface area contributed by atoms with Crippen molar-refractivity contribution in [1.82, 2.24) is 0 Å². The zero-order valence-corrected chi connectivity index (χ0v) is 15.5. The normalized spacial score (nSPS) is 12.5. The minimum atomic E-state index is -0.704. The molecule has 0 radical (unpaired) electrons. The molecule has 0 aromatic carbocycles. The van der Waals surface area contributed by atoms with Gasteiger partial charge in [-0.3, -0.25) is 9.59 Å². The second-order valence-electron chi connectivity index (χ2n) is 6.29. The first-order valence-corrected chi connectivity index (χ1v) is 9.57. The van der Waals surface area contributed by atoms with E-state index < -0.39 is 6.10 Å². The average molecular weight is 345 g/mol. The van der Waals surface area contributed by atoms with Crippen molar-refractivity contribution < 1.29 is 24.2 Å². The highest BCUT2D eigenvalue weighted by atomic mass is 16.6. The number of aliphatic hydroxyl groups is 1.